The number of carbonyl (C=O) groups excluding carboxylic acids is 1. The van der Waals surface area contributed by atoms with E-state index in [9.17, 15) is 4.79 Å². The van der Waals surface area contributed by atoms with Gasteiger partial charge in [0.25, 0.3) is 0 Å². The molecule has 1 amide bonds. The summed E-state index contributed by atoms with van der Waals surface area (Å²) < 4.78 is 0. The van der Waals surface area contributed by atoms with Crippen molar-refractivity contribution in [2.75, 3.05) is 11.9 Å². The zero-order valence-corrected chi connectivity index (χ0v) is 13.5. The SMILES string of the molecule is CC(C)(C)c1ccc(Cc2csc(NC(=O)CN)n2)cc1. The molecule has 112 valence electrons. The van der Waals surface area contributed by atoms with Gasteiger partial charge >= 0.3 is 0 Å². The number of carbonyl (C=O) groups is 1. The molecule has 0 bridgehead atoms. The van der Waals surface area contributed by atoms with Gasteiger partial charge in [0.1, 0.15) is 0 Å². The molecule has 4 nitrogen and oxygen atoms in total. The number of rotatable bonds is 4. The fraction of sp³-hybridized carbons (Fsp3) is 0.375. The van der Waals surface area contributed by atoms with Crippen LogP contribution >= 0.6 is 11.3 Å². The average Bonchev–Trinajstić information content (AvgIpc) is 2.85. The van der Waals surface area contributed by atoms with Crippen LogP contribution in [0.3, 0.4) is 0 Å². The summed E-state index contributed by atoms with van der Waals surface area (Å²) in [6.45, 7) is 6.59. The Bertz CT molecular complexity index is 611. The van der Waals surface area contributed by atoms with Crippen LogP contribution in [-0.4, -0.2) is 17.4 Å². The molecule has 0 unspecified atom stereocenters. The van der Waals surface area contributed by atoms with Gasteiger partial charge in [0, 0.05) is 11.8 Å². The van der Waals surface area contributed by atoms with Crippen molar-refractivity contribution >= 4 is 22.4 Å². The first-order chi connectivity index (χ1) is 9.88. The van der Waals surface area contributed by atoms with E-state index in [1.807, 2.05) is 5.38 Å². The van der Waals surface area contributed by atoms with Crippen LogP contribution in [0.5, 0.6) is 0 Å². The molecule has 0 radical (unpaired) electrons. The van der Waals surface area contributed by atoms with E-state index in [-0.39, 0.29) is 17.9 Å². The van der Waals surface area contributed by atoms with Crippen molar-refractivity contribution in [3.05, 3.63) is 46.5 Å². The van der Waals surface area contributed by atoms with E-state index in [0.717, 1.165) is 12.1 Å². The number of nitrogens with zero attached hydrogens (tertiary/aromatic N) is 1. The third-order valence-electron chi connectivity index (χ3n) is 3.19. The Morgan fingerprint density at radius 2 is 1.95 bits per heavy atom. The van der Waals surface area contributed by atoms with Gasteiger partial charge in [0.05, 0.1) is 12.2 Å². The number of benzene rings is 1. The van der Waals surface area contributed by atoms with Crippen LogP contribution in [0.15, 0.2) is 29.6 Å². The van der Waals surface area contributed by atoms with Gasteiger partial charge in [-0.2, -0.15) is 0 Å². The van der Waals surface area contributed by atoms with Gasteiger partial charge < -0.3 is 11.1 Å². The maximum Gasteiger partial charge on any atom is 0.239 e. The first-order valence-electron chi connectivity index (χ1n) is 6.92. The number of aromatic nitrogens is 1. The molecule has 0 spiro atoms. The molecule has 0 aliphatic heterocycles. The first kappa shape index (κ1) is 15.7. The smallest absolute Gasteiger partial charge is 0.239 e. The minimum Gasteiger partial charge on any atom is -0.322 e. The second-order valence-electron chi connectivity index (χ2n) is 6.02. The van der Waals surface area contributed by atoms with Crippen molar-refractivity contribution in [1.82, 2.24) is 4.98 Å². The Morgan fingerprint density at radius 1 is 1.29 bits per heavy atom. The fourth-order valence-electron chi connectivity index (χ4n) is 1.95. The zero-order valence-electron chi connectivity index (χ0n) is 12.6. The highest BCUT2D eigenvalue weighted by atomic mass is 32.1. The van der Waals surface area contributed by atoms with Crippen LogP contribution < -0.4 is 11.1 Å². The number of nitrogens with two attached hydrogens (primary N) is 1. The summed E-state index contributed by atoms with van der Waals surface area (Å²) in [5, 5.41) is 5.24. The fourth-order valence-corrected chi connectivity index (χ4v) is 2.67. The Kier molecular flexibility index (Phi) is 4.75. The normalized spacial score (nSPS) is 11.4. The predicted molar refractivity (Wildman–Crippen MR) is 87.7 cm³/mol. The molecule has 5 heteroatoms. The minimum atomic E-state index is -0.217. The van der Waals surface area contributed by atoms with E-state index in [1.54, 1.807) is 0 Å². The molecule has 21 heavy (non-hydrogen) atoms. The Hall–Kier alpha value is -1.72. The molecule has 0 saturated heterocycles. The van der Waals surface area contributed by atoms with E-state index in [2.05, 4.69) is 55.3 Å². The number of thiazole rings is 1. The lowest BCUT2D eigenvalue weighted by Gasteiger charge is -2.19. The molecular formula is C16H21N3OS. The number of nitrogens with one attached hydrogen (secondary N) is 1. The Morgan fingerprint density at radius 3 is 2.52 bits per heavy atom. The highest BCUT2D eigenvalue weighted by Gasteiger charge is 2.13. The summed E-state index contributed by atoms with van der Waals surface area (Å²) in [4.78, 5) is 15.6. The molecule has 1 heterocycles. The highest BCUT2D eigenvalue weighted by molar-refractivity contribution is 7.13. The summed E-state index contributed by atoms with van der Waals surface area (Å²) in [5.41, 5.74) is 8.92. The Balaban J connectivity index is 2.03. The molecule has 0 aliphatic carbocycles. The largest absolute Gasteiger partial charge is 0.322 e. The van der Waals surface area contributed by atoms with E-state index in [4.69, 9.17) is 5.73 Å². The monoisotopic (exact) mass is 303 g/mol. The maximum absolute atomic E-state index is 11.2. The number of hydrogen-bond acceptors (Lipinski definition) is 4. The van der Waals surface area contributed by atoms with Crippen LogP contribution in [0.1, 0.15) is 37.6 Å². The van der Waals surface area contributed by atoms with Crippen molar-refractivity contribution in [2.45, 2.75) is 32.6 Å². The second-order valence-corrected chi connectivity index (χ2v) is 6.88. The van der Waals surface area contributed by atoms with Crippen LogP contribution in [0.25, 0.3) is 0 Å². The third-order valence-corrected chi connectivity index (χ3v) is 4.00. The predicted octanol–water partition coefficient (Wildman–Crippen LogP) is 2.93. The number of anilines is 1. The topological polar surface area (TPSA) is 68.0 Å². The van der Waals surface area contributed by atoms with Crippen LogP contribution in [-0.2, 0) is 16.6 Å². The average molecular weight is 303 g/mol. The van der Waals surface area contributed by atoms with E-state index >= 15 is 0 Å². The van der Waals surface area contributed by atoms with Crippen molar-refractivity contribution < 1.29 is 4.79 Å². The molecule has 1 aromatic heterocycles. The first-order valence-corrected chi connectivity index (χ1v) is 7.80. The van der Waals surface area contributed by atoms with Gasteiger partial charge in [-0.05, 0) is 16.5 Å². The van der Waals surface area contributed by atoms with Crippen LogP contribution in [0.4, 0.5) is 5.13 Å². The van der Waals surface area contributed by atoms with Gasteiger partial charge in [0.15, 0.2) is 5.13 Å². The molecule has 0 fully saturated rings. The van der Waals surface area contributed by atoms with Crippen LogP contribution in [0, 0.1) is 0 Å². The Labute approximate surface area is 129 Å². The zero-order chi connectivity index (χ0) is 15.5. The quantitative estimate of drug-likeness (QED) is 0.912. The minimum absolute atomic E-state index is 0.0246. The lowest BCUT2D eigenvalue weighted by molar-refractivity contribution is -0.114. The molecule has 0 saturated carbocycles. The maximum atomic E-state index is 11.2. The highest BCUT2D eigenvalue weighted by Crippen LogP contribution is 2.23. The van der Waals surface area contributed by atoms with Crippen molar-refractivity contribution in [3.8, 4) is 0 Å². The second kappa shape index (κ2) is 6.37. The molecular weight excluding hydrogens is 282 g/mol. The lowest BCUT2D eigenvalue weighted by Crippen LogP contribution is -2.21. The number of hydrogen-bond donors (Lipinski definition) is 2. The molecule has 1 aromatic carbocycles. The lowest BCUT2D eigenvalue weighted by atomic mass is 9.86. The van der Waals surface area contributed by atoms with E-state index in [0.29, 0.717) is 5.13 Å². The summed E-state index contributed by atoms with van der Waals surface area (Å²) in [6.07, 6.45) is 0.763. The standard InChI is InChI=1S/C16H21N3OS/c1-16(2,3)12-6-4-11(5-7-12)8-13-10-21-15(18-13)19-14(20)9-17/h4-7,10H,8-9,17H2,1-3H3,(H,18,19,20). The third kappa shape index (κ3) is 4.37. The molecule has 2 rings (SSSR count). The van der Waals surface area contributed by atoms with Gasteiger partial charge in [0.2, 0.25) is 5.91 Å². The number of amides is 1. The van der Waals surface area contributed by atoms with Crippen molar-refractivity contribution in [3.63, 3.8) is 0 Å². The van der Waals surface area contributed by atoms with Gasteiger partial charge in [-0.15, -0.1) is 11.3 Å². The van der Waals surface area contributed by atoms with E-state index in [1.165, 1.54) is 22.5 Å². The van der Waals surface area contributed by atoms with E-state index < -0.39 is 0 Å². The summed E-state index contributed by atoms with van der Waals surface area (Å²) in [7, 11) is 0. The molecule has 0 aliphatic rings. The molecule has 0 atom stereocenters. The van der Waals surface area contributed by atoms with Gasteiger partial charge in [-0.1, -0.05) is 45.0 Å². The molecule has 2 aromatic rings. The molecule has 3 N–H and O–H groups in total. The van der Waals surface area contributed by atoms with Crippen LogP contribution in [0.2, 0.25) is 0 Å². The van der Waals surface area contributed by atoms with Crippen molar-refractivity contribution in [1.29, 1.82) is 0 Å². The van der Waals surface area contributed by atoms with Crippen molar-refractivity contribution in [2.24, 2.45) is 5.73 Å². The summed E-state index contributed by atoms with van der Waals surface area (Å²) >= 11 is 1.42. The van der Waals surface area contributed by atoms with Gasteiger partial charge in [-0.3, -0.25) is 4.79 Å². The van der Waals surface area contributed by atoms with Gasteiger partial charge in [-0.25, -0.2) is 4.98 Å². The summed E-state index contributed by atoms with van der Waals surface area (Å²) in [5.74, 6) is -0.217. The summed E-state index contributed by atoms with van der Waals surface area (Å²) in [6, 6.07) is 8.60.